The van der Waals surface area contributed by atoms with Gasteiger partial charge in [-0.1, -0.05) is 12.1 Å². The second kappa shape index (κ2) is 10.1. The molecule has 0 bridgehead atoms. The molecule has 0 radical (unpaired) electrons. The van der Waals surface area contributed by atoms with Crippen molar-refractivity contribution in [1.29, 1.82) is 0 Å². The molecule has 1 aromatic rings. The van der Waals surface area contributed by atoms with Gasteiger partial charge in [0.25, 0.3) is 0 Å². The Balaban J connectivity index is 2.67. The maximum atomic E-state index is 12.1. The monoisotopic (exact) mass is 382 g/mol. The van der Waals surface area contributed by atoms with Gasteiger partial charge < -0.3 is 37.4 Å². The fraction of sp³-hybridized carbons (Fsp3) is 0.375. The Bertz CT molecular complexity index is 693. The van der Waals surface area contributed by atoms with E-state index in [1.54, 1.807) is 12.1 Å². The van der Waals surface area contributed by atoms with Crippen LogP contribution < -0.4 is 22.1 Å². The summed E-state index contributed by atoms with van der Waals surface area (Å²) in [4.78, 5) is 46.1. The normalized spacial score (nSPS) is 13.9. The minimum Gasteiger partial charge on any atom is -0.508 e. The molecule has 0 unspecified atom stereocenters. The van der Waals surface area contributed by atoms with Crippen LogP contribution in [0.15, 0.2) is 24.3 Å². The lowest BCUT2D eigenvalue weighted by molar-refractivity contribution is -0.144. The number of aromatic hydroxyl groups is 1. The molecule has 0 aromatic heterocycles. The van der Waals surface area contributed by atoms with E-state index in [4.69, 9.17) is 16.6 Å². The summed E-state index contributed by atoms with van der Waals surface area (Å²) in [6, 6.07) is 1.88. The quantitative estimate of drug-likeness (QED) is 0.224. The highest BCUT2D eigenvalue weighted by molar-refractivity contribution is 5.93. The van der Waals surface area contributed by atoms with E-state index >= 15 is 0 Å². The van der Waals surface area contributed by atoms with Crippen molar-refractivity contribution in [2.75, 3.05) is 6.61 Å². The van der Waals surface area contributed by atoms with Crippen LogP contribution >= 0.6 is 0 Å². The predicted octanol–water partition coefficient (Wildman–Crippen LogP) is -2.82. The number of rotatable bonds is 10. The van der Waals surface area contributed by atoms with E-state index in [0.29, 0.717) is 5.56 Å². The van der Waals surface area contributed by atoms with Crippen molar-refractivity contribution in [1.82, 2.24) is 10.6 Å². The zero-order valence-corrected chi connectivity index (χ0v) is 14.3. The summed E-state index contributed by atoms with van der Waals surface area (Å²) in [5, 5.41) is 31.7. The lowest BCUT2D eigenvalue weighted by Crippen LogP contribution is -2.56. The van der Waals surface area contributed by atoms with E-state index in [0.717, 1.165) is 0 Å². The van der Waals surface area contributed by atoms with Crippen LogP contribution in [0.5, 0.6) is 5.75 Å². The van der Waals surface area contributed by atoms with E-state index in [1.807, 2.05) is 5.32 Å². The minimum absolute atomic E-state index is 0.0535. The molecular weight excluding hydrogens is 360 g/mol. The van der Waals surface area contributed by atoms with Gasteiger partial charge in [0.2, 0.25) is 17.7 Å². The number of aliphatic carboxylic acids is 1. The number of benzene rings is 1. The van der Waals surface area contributed by atoms with Gasteiger partial charge in [-0.15, -0.1) is 0 Å². The number of hydrogen-bond donors (Lipinski definition) is 7. The molecule has 0 fully saturated rings. The van der Waals surface area contributed by atoms with Crippen molar-refractivity contribution >= 4 is 23.7 Å². The maximum absolute atomic E-state index is 12.1. The number of phenols is 1. The number of aliphatic hydroxyl groups excluding tert-OH is 1. The molecule has 11 nitrogen and oxygen atoms in total. The van der Waals surface area contributed by atoms with Crippen LogP contribution in [-0.4, -0.2) is 63.7 Å². The molecule has 0 heterocycles. The first-order chi connectivity index (χ1) is 12.6. The third-order valence-electron chi connectivity index (χ3n) is 3.56. The molecule has 11 heteroatoms. The molecule has 0 aliphatic rings. The smallest absolute Gasteiger partial charge is 0.326 e. The standard InChI is InChI=1S/C16H22N4O7/c17-10(5-8-1-3-9(22)4-2-8)14(24)20-12(7-21)15(25)19-11(16(26)27)6-13(18)23/h1-4,10-12,21-22H,5-7,17H2,(H2,18,23)(H,19,25)(H,20,24)(H,26,27)/t10-,11-,12-/m0/s1. The van der Waals surface area contributed by atoms with Crippen molar-refractivity contribution in [3.63, 3.8) is 0 Å². The molecule has 27 heavy (non-hydrogen) atoms. The lowest BCUT2D eigenvalue weighted by atomic mass is 10.1. The van der Waals surface area contributed by atoms with Crippen molar-refractivity contribution in [2.45, 2.75) is 31.0 Å². The average molecular weight is 382 g/mol. The maximum Gasteiger partial charge on any atom is 0.326 e. The van der Waals surface area contributed by atoms with Crippen LogP contribution in [0.25, 0.3) is 0 Å². The molecule has 3 atom stereocenters. The first-order valence-electron chi connectivity index (χ1n) is 7.90. The number of aliphatic hydroxyl groups is 1. The summed E-state index contributed by atoms with van der Waals surface area (Å²) in [6.07, 6.45) is -0.543. The van der Waals surface area contributed by atoms with E-state index in [-0.39, 0.29) is 12.2 Å². The van der Waals surface area contributed by atoms with Gasteiger partial charge in [0.15, 0.2) is 0 Å². The SMILES string of the molecule is NC(=O)C[C@H](NC(=O)[C@H](CO)NC(=O)[C@@H](N)Cc1ccc(O)cc1)C(=O)O. The van der Waals surface area contributed by atoms with Crippen LogP contribution in [0.4, 0.5) is 0 Å². The third kappa shape index (κ3) is 7.30. The molecule has 0 aliphatic carbocycles. The van der Waals surface area contributed by atoms with Gasteiger partial charge in [-0.25, -0.2) is 4.79 Å². The van der Waals surface area contributed by atoms with Crippen LogP contribution in [0.1, 0.15) is 12.0 Å². The number of carboxylic acid groups (broad SMARTS) is 1. The Morgan fingerprint density at radius 1 is 1.00 bits per heavy atom. The largest absolute Gasteiger partial charge is 0.508 e. The molecule has 9 N–H and O–H groups in total. The van der Waals surface area contributed by atoms with Crippen molar-refractivity contribution in [3.8, 4) is 5.75 Å². The second-order valence-electron chi connectivity index (χ2n) is 5.79. The summed E-state index contributed by atoms with van der Waals surface area (Å²) >= 11 is 0. The second-order valence-corrected chi connectivity index (χ2v) is 5.79. The molecule has 1 rings (SSSR count). The van der Waals surface area contributed by atoms with E-state index < -0.39 is 54.8 Å². The molecule has 0 saturated heterocycles. The van der Waals surface area contributed by atoms with Gasteiger partial charge in [-0.05, 0) is 24.1 Å². The highest BCUT2D eigenvalue weighted by Crippen LogP contribution is 2.11. The fourth-order valence-electron chi connectivity index (χ4n) is 2.13. The van der Waals surface area contributed by atoms with E-state index in [9.17, 15) is 29.4 Å². The van der Waals surface area contributed by atoms with Crippen molar-refractivity contribution in [3.05, 3.63) is 29.8 Å². The molecule has 0 aliphatic heterocycles. The number of primary amides is 1. The Hall–Kier alpha value is -3.18. The zero-order valence-electron chi connectivity index (χ0n) is 14.3. The number of phenolic OH excluding ortho intramolecular Hbond substituents is 1. The number of amides is 3. The first kappa shape index (κ1) is 21.9. The van der Waals surface area contributed by atoms with Gasteiger partial charge in [0, 0.05) is 0 Å². The minimum atomic E-state index is -1.59. The topological polar surface area (TPSA) is 205 Å². The first-order valence-corrected chi connectivity index (χ1v) is 7.90. The van der Waals surface area contributed by atoms with Crippen LogP contribution in [-0.2, 0) is 25.6 Å². The predicted molar refractivity (Wildman–Crippen MR) is 92.2 cm³/mol. The average Bonchev–Trinajstić information content (AvgIpc) is 2.60. The number of hydrogen-bond acceptors (Lipinski definition) is 7. The fourth-order valence-corrected chi connectivity index (χ4v) is 2.13. The molecular formula is C16H22N4O7. The van der Waals surface area contributed by atoms with Gasteiger partial charge in [-0.2, -0.15) is 0 Å². The van der Waals surface area contributed by atoms with Gasteiger partial charge in [-0.3, -0.25) is 14.4 Å². The summed E-state index contributed by atoms with van der Waals surface area (Å²) in [5.41, 5.74) is 11.3. The third-order valence-corrected chi connectivity index (χ3v) is 3.56. The highest BCUT2D eigenvalue weighted by atomic mass is 16.4. The van der Waals surface area contributed by atoms with E-state index in [2.05, 4.69) is 5.32 Å². The Morgan fingerprint density at radius 3 is 2.04 bits per heavy atom. The van der Waals surface area contributed by atoms with Gasteiger partial charge in [0.1, 0.15) is 17.8 Å². The number of carboxylic acids is 1. The zero-order chi connectivity index (χ0) is 20.6. The van der Waals surface area contributed by atoms with Gasteiger partial charge in [0.05, 0.1) is 19.1 Å². The summed E-state index contributed by atoms with van der Waals surface area (Å²) in [5.74, 6) is -4.13. The van der Waals surface area contributed by atoms with Crippen LogP contribution in [0.3, 0.4) is 0 Å². The summed E-state index contributed by atoms with van der Waals surface area (Å²) < 4.78 is 0. The summed E-state index contributed by atoms with van der Waals surface area (Å²) in [6.45, 7) is -0.813. The van der Waals surface area contributed by atoms with Crippen molar-refractivity contribution in [2.24, 2.45) is 11.5 Å². The van der Waals surface area contributed by atoms with Crippen LogP contribution in [0.2, 0.25) is 0 Å². The number of nitrogens with one attached hydrogen (secondary N) is 2. The Labute approximate surface area is 154 Å². The lowest BCUT2D eigenvalue weighted by Gasteiger charge is -2.21. The highest BCUT2D eigenvalue weighted by Gasteiger charge is 2.28. The Kier molecular flexibility index (Phi) is 8.17. The summed E-state index contributed by atoms with van der Waals surface area (Å²) in [7, 11) is 0. The number of carbonyl (C=O) groups excluding carboxylic acids is 3. The molecule has 0 saturated carbocycles. The Morgan fingerprint density at radius 2 is 1.56 bits per heavy atom. The van der Waals surface area contributed by atoms with Crippen LogP contribution in [0, 0.1) is 0 Å². The number of nitrogens with two attached hydrogens (primary N) is 2. The molecule has 0 spiro atoms. The van der Waals surface area contributed by atoms with Gasteiger partial charge >= 0.3 is 5.97 Å². The van der Waals surface area contributed by atoms with Crippen molar-refractivity contribution < 1.29 is 34.5 Å². The van der Waals surface area contributed by atoms with E-state index in [1.165, 1.54) is 12.1 Å². The molecule has 148 valence electrons. The molecule has 1 aromatic carbocycles. The number of carbonyl (C=O) groups is 4. The molecule has 3 amide bonds.